The molecule has 1 heterocycles. The highest BCUT2D eigenvalue weighted by Gasteiger charge is 2.31. The maximum absolute atomic E-state index is 11.9. The molecule has 0 aromatic heterocycles. The van der Waals surface area contributed by atoms with Gasteiger partial charge in [0.2, 0.25) is 5.91 Å². The molecule has 1 saturated heterocycles. The van der Waals surface area contributed by atoms with Crippen molar-refractivity contribution in [1.29, 1.82) is 0 Å². The van der Waals surface area contributed by atoms with Crippen molar-refractivity contribution in [2.75, 3.05) is 17.8 Å². The van der Waals surface area contributed by atoms with E-state index in [-0.39, 0.29) is 18.6 Å². The Hall–Kier alpha value is -1.30. The molecule has 1 amide bonds. The fraction of sp³-hybridized carbons (Fsp3) is 0.400. The summed E-state index contributed by atoms with van der Waals surface area (Å²) in [4.78, 5) is 13.6. The lowest BCUT2D eigenvalue weighted by molar-refractivity contribution is -0.117. The van der Waals surface area contributed by atoms with Crippen molar-refractivity contribution in [3.05, 3.63) is 34.7 Å². The van der Waals surface area contributed by atoms with Crippen LogP contribution in [0.4, 0.5) is 5.69 Å². The average molecular weight is 293 g/mol. The summed E-state index contributed by atoms with van der Waals surface area (Å²) in [5, 5.41) is 11.0. The van der Waals surface area contributed by atoms with E-state index in [9.17, 15) is 14.5 Å². The lowest BCUT2D eigenvalue weighted by Gasteiger charge is -2.24. The molecule has 2 rings (SSSR count). The van der Waals surface area contributed by atoms with Gasteiger partial charge >= 0.3 is 0 Å². The summed E-state index contributed by atoms with van der Waals surface area (Å²) in [5.74, 6) is 0.0569. The molecule has 1 aromatic rings. The minimum absolute atomic E-state index is 0.0126. The fourth-order valence-corrected chi connectivity index (χ4v) is 2.78. The second-order valence-corrected chi connectivity index (χ2v) is 6.25. The van der Waals surface area contributed by atoms with Crippen molar-refractivity contribution < 1.29 is 14.5 Å². The lowest BCUT2D eigenvalue weighted by atomic mass is 10.1. The Bertz CT molecular complexity index is 528. The van der Waals surface area contributed by atoms with Gasteiger partial charge in [-0.15, -0.1) is 0 Å². The van der Waals surface area contributed by atoms with Crippen molar-refractivity contribution in [3.63, 3.8) is 0 Å². The molecule has 0 saturated carbocycles. The first-order valence-electron chi connectivity index (χ1n) is 6.57. The quantitative estimate of drug-likeness (QED) is 0.861. The van der Waals surface area contributed by atoms with Crippen LogP contribution in [0.2, 0.25) is 0 Å². The zero-order valence-electron chi connectivity index (χ0n) is 11.7. The largest absolute Gasteiger partial charge is 0.612 e. The first-order chi connectivity index (χ1) is 9.52. The smallest absolute Gasteiger partial charge is 0.227 e. The van der Waals surface area contributed by atoms with Crippen LogP contribution in [-0.4, -0.2) is 34.5 Å². The van der Waals surface area contributed by atoms with Crippen molar-refractivity contribution >= 4 is 28.8 Å². The third kappa shape index (κ3) is 3.23. The van der Waals surface area contributed by atoms with Crippen LogP contribution in [0.15, 0.2) is 23.6 Å². The van der Waals surface area contributed by atoms with E-state index >= 15 is 0 Å². The average Bonchev–Trinajstić information content (AvgIpc) is 2.78. The van der Waals surface area contributed by atoms with Crippen LogP contribution in [0.1, 0.15) is 24.0 Å². The molecule has 4 nitrogen and oxygen atoms in total. The van der Waals surface area contributed by atoms with Gasteiger partial charge in [-0.05, 0) is 53.9 Å². The van der Waals surface area contributed by atoms with Crippen molar-refractivity contribution in [1.82, 2.24) is 0 Å². The van der Waals surface area contributed by atoms with Crippen molar-refractivity contribution in [3.8, 4) is 0 Å². The summed E-state index contributed by atoms with van der Waals surface area (Å²) >= 11 is -0.973. The van der Waals surface area contributed by atoms with E-state index in [1.165, 1.54) is 0 Å². The first-order valence-corrected chi connectivity index (χ1v) is 8.19. The Balaban J connectivity index is 2.26. The molecule has 2 atom stereocenters. The maximum atomic E-state index is 11.9. The summed E-state index contributed by atoms with van der Waals surface area (Å²) in [6.45, 7) is 1.94. The molecular weight excluding hydrogens is 274 g/mol. The summed E-state index contributed by atoms with van der Waals surface area (Å²) in [6.07, 6.45) is 4.63. The summed E-state index contributed by atoms with van der Waals surface area (Å²) in [7, 11) is 0. The summed E-state index contributed by atoms with van der Waals surface area (Å²) in [5.41, 5.74) is 2.82. The second kappa shape index (κ2) is 6.43. The van der Waals surface area contributed by atoms with E-state index in [4.69, 9.17) is 0 Å². The Morgan fingerprint density at radius 1 is 1.55 bits per heavy atom. The minimum Gasteiger partial charge on any atom is -0.612 e. The zero-order valence-corrected chi connectivity index (χ0v) is 12.5. The predicted molar refractivity (Wildman–Crippen MR) is 81.9 cm³/mol. The van der Waals surface area contributed by atoms with E-state index in [2.05, 4.69) is 0 Å². The molecule has 5 heteroatoms. The molecule has 1 aromatic carbocycles. The molecule has 1 N–H and O–H groups in total. The van der Waals surface area contributed by atoms with E-state index in [0.717, 1.165) is 16.8 Å². The molecule has 0 aliphatic carbocycles. The third-order valence-electron chi connectivity index (χ3n) is 3.51. The van der Waals surface area contributed by atoms with E-state index in [0.29, 0.717) is 12.8 Å². The standard InChI is InChI=1S/C15H19NO3S/c1-11-9-13(4-3-12(11)7-8-20(2)19)16-14(10-17)5-6-15(16)18/h3-4,7-9,14,17H,5-6,10H2,1-2H3/b8-7+/t14-,20+/m0/s1. The first kappa shape index (κ1) is 15.1. The number of nitrogens with zero attached hydrogens (tertiary/aromatic N) is 1. The Morgan fingerprint density at radius 2 is 2.30 bits per heavy atom. The number of carbonyl (C=O) groups excluding carboxylic acids is 1. The molecule has 1 aliphatic heterocycles. The highest BCUT2D eigenvalue weighted by atomic mass is 32.2. The van der Waals surface area contributed by atoms with Gasteiger partial charge in [0.05, 0.1) is 18.9 Å². The van der Waals surface area contributed by atoms with Gasteiger partial charge in [-0.25, -0.2) is 0 Å². The van der Waals surface area contributed by atoms with E-state index < -0.39 is 11.2 Å². The Kier molecular flexibility index (Phi) is 4.86. The number of rotatable bonds is 4. The number of carbonyl (C=O) groups is 1. The molecule has 0 unspecified atom stereocenters. The molecule has 108 valence electrons. The zero-order chi connectivity index (χ0) is 14.7. The van der Waals surface area contributed by atoms with Crippen LogP contribution in [-0.2, 0) is 16.0 Å². The molecule has 0 spiro atoms. The van der Waals surface area contributed by atoms with Gasteiger partial charge < -0.3 is 14.6 Å². The van der Waals surface area contributed by atoms with Crippen LogP contribution < -0.4 is 4.90 Å². The number of aliphatic hydroxyl groups is 1. The number of aliphatic hydroxyl groups excluding tert-OH is 1. The van der Waals surface area contributed by atoms with Crippen LogP contribution in [0.25, 0.3) is 6.08 Å². The molecule has 1 fully saturated rings. The van der Waals surface area contributed by atoms with Gasteiger partial charge in [-0.1, -0.05) is 6.07 Å². The van der Waals surface area contributed by atoms with Crippen LogP contribution >= 0.6 is 0 Å². The third-order valence-corrected chi connectivity index (χ3v) is 4.03. The molecule has 0 radical (unpaired) electrons. The molecular formula is C15H19NO3S. The normalized spacial score (nSPS) is 20.9. The molecule has 1 aliphatic rings. The van der Waals surface area contributed by atoms with Gasteiger partial charge in [0.25, 0.3) is 0 Å². The number of amides is 1. The van der Waals surface area contributed by atoms with Crippen LogP contribution in [0, 0.1) is 6.92 Å². The minimum atomic E-state index is -0.973. The highest BCUT2D eigenvalue weighted by Crippen LogP contribution is 2.28. The number of benzene rings is 1. The fourth-order valence-electron chi connectivity index (χ4n) is 2.44. The van der Waals surface area contributed by atoms with Crippen LogP contribution in [0.3, 0.4) is 0 Å². The van der Waals surface area contributed by atoms with E-state index in [1.807, 2.05) is 31.2 Å². The summed E-state index contributed by atoms with van der Waals surface area (Å²) < 4.78 is 11.1. The predicted octanol–water partition coefficient (Wildman–Crippen LogP) is 1.83. The van der Waals surface area contributed by atoms with Crippen LogP contribution in [0.5, 0.6) is 0 Å². The monoisotopic (exact) mass is 293 g/mol. The maximum Gasteiger partial charge on any atom is 0.227 e. The topological polar surface area (TPSA) is 63.6 Å². The van der Waals surface area contributed by atoms with Crippen molar-refractivity contribution in [2.45, 2.75) is 25.8 Å². The molecule has 20 heavy (non-hydrogen) atoms. The lowest BCUT2D eigenvalue weighted by Crippen LogP contribution is -2.35. The van der Waals surface area contributed by atoms with Gasteiger partial charge in [0.1, 0.15) is 5.41 Å². The van der Waals surface area contributed by atoms with Gasteiger partial charge in [0.15, 0.2) is 0 Å². The number of hydrogen-bond donors (Lipinski definition) is 1. The number of hydrogen-bond acceptors (Lipinski definition) is 3. The second-order valence-electron chi connectivity index (χ2n) is 4.98. The van der Waals surface area contributed by atoms with Gasteiger partial charge in [0, 0.05) is 12.1 Å². The van der Waals surface area contributed by atoms with Crippen molar-refractivity contribution in [2.24, 2.45) is 0 Å². The van der Waals surface area contributed by atoms with E-state index in [1.54, 1.807) is 16.6 Å². The number of anilines is 1. The SMILES string of the molecule is Cc1cc(N2C(=O)CC[C@H]2CO)ccc1/C=C/[S@@+](C)[O-]. The van der Waals surface area contributed by atoms with Gasteiger partial charge in [-0.2, -0.15) is 0 Å². The number of aryl methyl sites for hydroxylation is 1. The Morgan fingerprint density at radius 3 is 2.90 bits per heavy atom. The Labute approximate surface area is 122 Å². The highest BCUT2D eigenvalue weighted by molar-refractivity contribution is 7.93. The summed E-state index contributed by atoms with van der Waals surface area (Å²) in [6, 6.07) is 5.60. The molecule has 0 bridgehead atoms. The van der Waals surface area contributed by atoms with Gasteiger partial charge in [-0.3, -0.25) is 4.79 Å².